The topological polar surface area (TPSA) is 70.6 Å². The van der Waals surface area contributed by atoms with Crippen LogP contribution in [0.2, 0.25) is 0 Å². The van der Waals surface area contributed by atoms with Gasteiger partial charge in [0.2, 0.25) is 0 Å². The Balaban J connectivity index is 2.08. The molecule has 20 heavy (non-hydrogen) atoms. The molecular formula is C15H24N2O3. The van der Waals surface area contributed by atoms with Crippen LogP contribution >= 0.6 is 0 Å². The van der Waals surface area contributed by atoms with Gasteiger partial charge in [0.05, 0.1) is 7.11 Å². The van der Waals surface area contributed by atoms with Crippen LogP contribution in [-0.2, 0) is 6.42 Å². The van der Waals surface area contributed by atoms with Gasteiger partial charge in [0.25, 0.3) is 0 Å². The van der Waals surface area contributed by atoms with E-state index in [2.05, 4.69) is 10.6 Å². The molecule has 0 bridgehead atoms. The van der Waals surface area contributed by atoms with Crippen molar-refractivity contribution in [2.75, 3.05) is 26.8 Å². The molecule has 0 atom stereocenters. The number of amides is 2. The van der Waals surface area contributed by atoms with Crippen LogP contribution in [0.25, 0.3) is 0 Å². The molecule has 0 fully saturated rings. The number of carbonyl (C=O) groups is 1. The van der Waals surface area contributed by atoms with Gasteiger partial charge in [-0.3, -0.25) is 0 Å². The van der Waals surface area contributed by atoms with E-state index in [9.17, 15) is 4.79 Å². The Morgan fingerprint density at radius 2 is 1.80 bits per heavy atom. The number of rotatable bonds is 9. The average Bonchev–Trinajstić information content (AvgIpc) is 2.48. The minimum Gasteiger partial charge on any atom is -0.497 e. The predicted octanol–water partition coefficient (Wildman–Crippen LogP) is 1.70. The summed E-state index contributed by atoms with van der Waals surface area (Å²) in [4.78, 5) is 11.5. The van der Waals surface area contributed by atoms with E-state index in [0.29, 0.717) is 13.1 Å². The predicted molar refractivity (Wildman–Crippen MR) is 79.0 cm³/mol. The summed E-state index contributed by atoms with van der Waals surface area (Å²) in [6.45, 7) is 1.47. The van der Waals surface area contributed by atoms with Crippen LogP contribution in [0.1, 0.15) is 24.8 Å². The van der Waals surface area contributed by atoms with Gasteiger partial charge in [0.1, 0.15) is 5.75 Å². The Hall–Kier alpha value is -1.75. The summed E-state index contributed by atoms with van der Waals surface area (Å²) in [5, 5.41) is 14.2. The maximum atomic E-state index is 11.5. The number of carbonyl (C=O) groups excluding carboxylic acids is 1. The van der Waals surface area contributed by atoms with Gasteiger partial charge in [-0.05, 0) is 43.4 Å². The van der Waals surface area contributed by atoms with Crippen LogP contribution < -0.4 is 15.4 Å². The van der Waals surface area contributed by atoms with Gasteiger partial charge in [-0.25, -0.2) is 4.79 Å². The minimum atomic E-state index is -0.137. The molecule has 2 amide bonds. The van der Waals surface area contributed by atoms with E-state index in [1.54, 1.807) is 7.11 Å². The molecule has 0 spiro atoms. The van der Waals surface area contributed by atoms with Crippen molar-refractivity contribution in [3.8, 4) is 5.75 Å². The third-order valence-electron chi connectivity index (χ3n) is 2.98. The van der Waals surface area contributed by atoms with Gasteiger partial charge in [0, 0.05) is 19.7 Å². The number of unbranched alkanes of at least 4 members (excludes halogenated alkanes) is 2. The van der Waals surface area contributed by atoms with Gasteiger partial charge < -0.3 is 20.5 Å². The Morgan fingerprint density at radius 3 is 2.45 bits per heavy atom. The highest BCUT2D eigenvalue weighted by molar-refractivity contribution is 5.73. The number of urea groups is 1. The Morgan fingerprint density at radius 1 is 1.10 bits per heavy atom. The number of nitrogens with one attached hydrogen (secondary N) is 2. The van der Waals surface area contributed by atoms with Crippen LogP contribution in [0, 0.1) is 0 Å². The van der Waals surface area contributed by atoms with Gasteiger partial charge in [-0.1, -0.05) is 12.1 Å². The van der Waals surface area contributed by atoms with Crippen molar-refractivity contribution in [1.82, 2.24) is 10.6 Å². The molecule has 1 aromatic carbocycles. The first-order valence-corrected chi connectivity index (χ1v) is 7.01. The highest BCUT2D eigenvalue weighted by atomic mass is 16.5. The number of aliphatic hydroxyl groups excluding tert-OH is 1. The summed E-state index contributed by atoms with van der Waals surface area (Å²) in [5.41, 5.74) is 1.16. The standard InChI is InChI=1S/C15H24N2O3/c1-20-14-7-5-13(6-8-14)9-11-17-15(19)16-10-3-2-4-12-18/h5-8,18H,2-4,9-12H2,1H3,(H2,16,17,19). The average molecular weight is 280 g/mol. The monoisotopic (exact) mass is 280 g/mol. The lowest BCUT2D eigenvalue weighted by atomic mass is 10.1. The zero-order valence-corrected chi connectivity index (χ0v) is 12.0. The SMILES string of the molecule is COc1ccc(CCNC(=O)NCCCCCO)cc1. The van der Waals surface area contributed by atoms with Crippen molar-refractivity contribution in [2.45, 2.75) is 25.7 Å². The summed E-state index contributed by atoms with van der Waals surface area (Å²) in [6, 6.07) is 7.68. The van der Waals surface area contributed by atoms with Crippen LogP contribution in [0.3, 0.4) is 0 Å². The van der Waals surface area contributed by atoms with Crippen molar-refractivity contribution in [3.63, 3.8) is 0 Å². The second-order valence-corrected chi connectivity index (χ2v) is 4.57. The van der Waals surface area contributed by atoms with Crippen molar-refractivity contribution in [2.24, 2.45) is 0 Å². The highest BCUT2D eigenvalue weighted by Gasteiger charge is 1.99. The van der Waals surface area contributed by atoms with Gasteiger partial charge in [-0.2, -0.15) is 0 Å². The Bertz CT molecular complexity index is 379. The minimum absolute atomic E-state index is 0.137. The van der Waals surface area contributed by atoms with Crippen LogP contribution in [-0.4, -0.2) is 37.9 Å². The lowest BCUT2D eigenvalue weighted by Crippen LogP contribution is -2.37. The van der Waals surface area contributed by atoms with E-state index in [1.807, 2.05) is 24.3 Å². The van der Waals surface area contributed by atoms with Gasteiger partial charge in [-0.15, -0.1) is 0 Å². The molecule has 0 aromatic heterocycles. The van der Waals surface area contributed by atoms with Crippen LogP contribution in [0.5, 0.6) is 5.75 Å². The second-order valence-electron chi connectivity index (χ2n) is 4.57. The summed E-state index contributed by atoms with van der Waals surface area (Å²) in [7, 11) is 1.64. The summed E-state index contributed by atoms with van der Waals surface area (Å²) >= 11 is 0. The van der Waals surface area contributed by atoms with Crippen molar-refractivity contribution in [1.29, 1.82) is 0 Å². The number of hydrogen-bond acceptors (Lipinski definition) is 3. The molecule has 0 aliphatic carbocycles. The number of hydrogen-bond donors (Lipinski definition) is 3. The third-order valence-corrected chi connectivity index (χ3v) is 2.98. The summed E-state index contributed by atoms with van der Waals surface area (Å²) in [6.07, 6.45) is 3.41. The molecule has 5 nitrogen and oxygen atoms in total. The molecule has 0 heterocycles. The van der Waals surface area contributed by atoms with E-state index < -0.39 is 0 Å². The number of methoxy groups -OCH3 is 1. The summed E-state index contributed by atoms with van der Waals surface area (Å²) < 4.78 is 5.09. The molecule has 0 aliphatic rings. The maximum absolute atomic E-state index is 11.5. The number of ether oxygens (including phenoxy) is 1. The molecule has 1 rings (SSSR count). The molecule has 0 aliphatic heterocycles. The molecular weight excluding hydrogens is 256 g/mol. The lowest BCUT2D eigenvalue weighted by Gasteiger charge is -2.08. The normalized spacial score (nSPS) is 10.1. The molecule has 0 saturated carbocycles. The highest BCUT2D eigenvalue weighted by Crippen LogP contribution is 2.11. The quantitative estimate of drug-likeness (QED) is 0.603. The molecule has 112 valence electrons. The lowest BCUT2D eigenvalue weighted by molar-refractivity contribution is 0.240. The smallest absolute Gasteiger partial charge is 0.314 e. The van der Waals surface area contributed by atoms with E-state index in [4.69, 9.17) is 9.84 Å². The molecule has 0 saturated heterocycles. The first-order valence-electron chi connectivity index (χ1n) is 7.01. The molecule has 0 radical (unpaired) electrons. The third kappa shape index (κ3) is 6.99. The fourth-order valence-corrected chi connectivity index (χ4v) is 1.79. The molecule has 0 unspecified atom stereocenters. The molecule has 5 heteroatoms. The van der Waals surface area contributed by atoms with E-state index >= 15 is 0 Å². The first-order chi connectivity index (χ1) is 9.76. The van der Waals surface area contributed by atoms with E-state index in [1.165, 1.54) is 0 Å². The van der Waals surface area contributed by atoms with E-state index in [-0.39, 0.29) is 12.6 Å². The zero-order chi connectivity index (χ0) is 14.6. The largest absolute Gasteiger partial charge is 0.497 e. The molecule has 1 aromatic rings. The Labute approximate surface area is 120 Å². The Kier molecular flexibility index (Phi) is 8.22. The fourth-order valence-electron chi connectivity index (χ4n) is 1.79. The van der Waals surface area contributed by atoms with Crippen molar-refractivity contribution >= 4 is 6.03 Å². The fraction of sp³-hybridized carbons (Fsp3) is 0.533. The van der Waals surface area contributed by atoms with E-state index in [0.717, 1.165) is 37.0 Å². The van der Waals surface area contributed by atoms with Gasteiger partial charge in [0.15, 0.2) is 0 Å². The van der Waals surface area contributed by atoms with Crippen LogP contribution in [0.15, 0.2) is 24.3 Å². The van der Waals surface area contributed by atoms with Crippen LogP contribution in [0.4, 0.5) is 4.79 Å². The maximum Gasteiger partial charge on any atom is 0.314 e. The summed E-state index contributed by atoms with van der Waals surface area (Å²) in [5.74, 6) is 0.835. The second kappa shape index (κ2) is 10.1. The first kappa shape index (κ1) is 16.3. The van der Waals surface area contributed by atoms with Crippen molar-refractivity contribution < 1.29 is 14.6 Å². The number of benzene rings is 1. The van der Waals surface area contributed by atoms with Crippen molar-refractivity contribution in [3.05, 3.63) is 29.8 Å². The zero-order valence-electron chi connectivity index (χ0n) is 12.0. The molecule has 3 N–H and O–H groups in total. The van der Waals surface area contributed by atoms with Gasteiger partial charge >= 0.3 is 6.03 Å². The number of aliphatic hydroxyl groups is 1.